The van der Waals surface area contributed by atoms with E-state index >= 15 is 0 Å². The summed E-state index contributed by atoms with van der Waals surface area (Å²) < 4.78 is 2.36. The van der Waals surface area contributed by atoms with E-state index in [0.29, 0.717) is 31.7 Å². The van der Waals surface area contributed by atoms with Crippen LogP contribution in [0.15, 0.2) is 24.3 Å². The largest absolute Gasteiger partial charge is 0.481 e. The maximum absolute atomic E-state index is 13.2. The summed E-state index contributed by atoms with van der Waals surface area (Å²) in [6.45, 7) is 6.30. The van der Waals surface area contributed by atoms with E-state index in [1.54, 1.807) is 11.3 Å². The van der Waals surface area contributed by atoms with Gasteiger partial charge in [-0.3, -0.25) is 9.59 Å². The van der Waals surface area contributed by atoms with Gasteiger partial charge in [-0.2, -0.15) is 0 Å². The van der Waals surface area contributed by atoms with E-state index in [2.05, 4.69) is 42.7 Å². The van der Waals surface area contributed by atoms with Crippen molar-refractivity contribution in [1.29, 1.82) is 0 Å². The number of hydrogen-bond donors (Lipinski definition) is 1. The molecule has 6 nitrogen and oxygen atoms in total. The molecule has 0 unspecified atom stereocenters. The normalized spacial score (nSPS) is 20.7. The second kappa shape index (κ2) is 8.93. The van der Waals surface area contributed by atoms with E-state index in [4.69, 9.17) is 4.98 Å². The first-order chi connectivity index (χ1) is 15.9. The number of para-hydroxylation sites is 1. The fourth-order valence-electron chi connectivity index (χ4n) is 5.65. The Hall–Kier alpha value is -2.67. The minimum atomic E-state index is -0.693. The first kappa shape index (κ1) is 22.1. The van der Waals surface area contributed by atoms with Gasteiger partial charge in [-0.15, -0.1) is 11.3 Å². The van der Waals surface area contributed by atoms with Crippen molar-refractivity contribution in [2.75, 3.05) is 6.54 Å². The Bertz CT molecular complexity index is 1200. The zero-order valence-electron chi connectivity index (χ0n) is 19.3. The van der Waals surface area contributed by atoms with Crippen molar-refractivity contribution >= 4 is 34.1 Å². The maximum Gasteiger partial charge on any atom is 0.306 e. The number of carbonyl (C=O) groups is 2. The molecule has 1 aliphatic carbocycles. The minimum absolute atomic E-state index is 0.205. The fraction of sp³-hybridized carbons (Fsp3) is 0.500. The number of rotatable bonds is 5. The van der Waals surface area contributed by atoms with Crippen LogP contribution in [0.5, 0.6) is 0 Å². The maximum atomic E-state index is 13.2. The summed E-state index contributed by atoms with van der Waals surface area (Å²) in [5.74, 6) is -0.415. The molecule has 1 aliphatic heterocycles. The van der Waals surface area contributed by atoms with Crippen molar-refractivity contribution in [2.24, 2.45) is 11.8 Å². The Kier molecular flexibility index (Phi) is 5.99. The van der Waals surface area contributed by atoms with Crippen molar-refractivity contribution in [1.82, 2.24) is 14.5 Å². The molecule has 7 heteroatoms. The van der Waals surface area contributed by atoms with Gasteiger partial charge in [-0.25, -0.2) is 4.98 Å². The molecule has 1 amide bonds. The molecule has 2 aliphatic rings. The topological polar surface area (TPSA) is 75.4 Å². The van der Waals surface area contributed by atoms with Gasteiger partial charge in [0.05, 0.1) is 29.7 Å². The standard InChI is InChI=1S/C26H31N3O3S/c1-16-22(27-17(2)33-16)14-29-23-6-4-3-5-20(23)21-11-12-28(15-24(21)29)25(30)13-18-7-9-19(10-8-18)26(31)32/h3-6,18-19H,7-15H2,1-2H3,(H,31,32)/t18-,19+. The number of fused-ring (bicyclic) bond motifs is 3. The number of amides is 1. The van der Waals surface area contributed by atoms with Gasteiger partial charge in [0.15, 0.2) is 0 Å². The minimum Gasteiger partial charge on any atom is -0.481 e. The number of carboxylic acids is 1. The average molecular weight is 466 g/mol. The highest BCUT2D eigenvalue weighted by atomic mass is 32.1. The van der Waals surface area contributed by atoms with Gasteiger partial charge in [0.25, 0.3) is 0 Å². The van der Waals surface area contributed by atoms with Crippen molar-refractivity contribution < 1.29 is 14.7 Å². The molecule has 1 fully saturated rings. The van der Waals surface area contributed by atoms with E-state index in [9.17, 15) is 14.7 Å². The number of hydrogen-bond acceptors (Lipinski definition) is 4. The van der Waals surface area contributed by atoms with Gasteiger partial charge in [0.1, 0.15) is 0 Å². The first-order valence-electron chi connectivity index (χ1n) is 11.9. The van der Waals surface area contributed by atoms with Crippen LogP contribution in [0.1, 0.15) is 58.9 Å². The molecule has 1 aromatic carbocycles. The highest BCUT2D eigenvalue weighted by molar-refractivity contribution is 7.11. The number of aliphatic carboxylic acids is 1. The van der Waals surface area contributed by atoms with Gasteiger partial charge in [-0.1, -0.05) is 18.2 Å². The molecule has 1 N–H and O–H groups in total. The summed E-state index contributed by atoms with van der Waals surface area (Å²) in [5, 5.41) is 11.6. The molecule has 5 rings (SSSR count). The van der Waals surface area contributed by atoms with Crippen LogP contribution in [-0.2, 0) is 29.1 Å². The van der Waals surface area contributed by atoms with Crippen LogP contribution < -0.4 is 0 Å². The van der Waals surface area contributed by atoms with Crippen LogP contribution in [0.4, 0.5) is 0 Å². The van der Waals surface area contributed by atoms with E-state index in [0.717, 1.165) is 43.1 Å². The first-order valence-corrected chi connectivity index (χ1v) is 12.7. The Morgan fingerprint density at radius 1 is 1.15 bits per heavy atom. The predicted octanol–water partition coefficient (Wildman–Crippen LogP) is 4.93. The second-order valence-corrected chi connectivity index (χ2v) is 11.0. The van der Waals surface area contributed by atoms with Crippen molar-refractivity contribution in [3.05, 3.63) is 51.1 Å². The van der Waals surface area contributed by atoms with Crippen LogP contribution in [0.2, 0.25) is 0 Å². The van der Waals surface area contributed by atoms with Crippen molar-refractivity contribution in [2.45, 2.75) is 65.5 Å². The molecule has 0 saturated heterocycles. The summed E-state index contributed by atoms with van der Waals surface area (Å²) in [5.41, 5.74) is 4.92. The van der Waals surface area contributed by atoms with Gasteiger partial charge < -0.3 is 14.6 Å². The highest BCUT2D eigenvalue weighted by Crippen LogP contribution is 2.34. The Morgan fingerprint density at radius 2 is 1.91 bits per heavy atom. The molecule has 33 heavy (non-hydrogen) atoms. The van der Waals surface area contributed by atoms with Crippen molar-refractivity contribution in [3.8, 4) is 0 Å². The van der Waals surface area contributed by atoms with Gasteiger partial charge in [0, 0.05) is 34.4 Å². The number of aryl methyl sites for hydroxylation is 2. The molecule has 3 aromatic rings. The van der Waals surface area contributed by atoms with Crippen molar-refractivity contribution in [3.63, 3.8) is 0 Å². The molecule has 1 saturated carbocycles. The third-order valence-corrected chi connectivity index (χ3v) is 8.41. The van der Waals surface area contributed by atoms with E-state index in [-0.39, 0.29) is 11.8 Å². The fourth-order valence-corrected chi connectivity index (χ4v) is 6.47. The van der Waals surface area contributed by atoms with E-state index < -0.39 is 5.97 Å². The Balaban J connectivity index is 1.36. The Labute approximate surface area is 198 Å². The average Bonchev–Trinajstić information content (AvgIpc) is 3.30. The quantitative estimate of drug-likeness (QED) is 0.580. The molecule has 174 valence electrons. The zero-order valence-corrected chi connectivity index (χ0v) is 20.2. The summed E-state index contributed by atoms with van der Waals surface area (Å²) in [6, 6.07) is 8.55. The van der Waals surface area contributed by atoms with Crippen LogP contribution >= 0.6 is 11.3 Å². The number of carbonyl (C=O) groups excluding carboxylic acids is 1. The summed E-state index contributed by atoms with van der Waals surface area (Å²) >= 11 is 1.73. The lowest BCUT2D eigenvalue weighted by Gasteiger charge is -2.31. The number of aromatic nitrogens is 2. The number of nitrogens with zero attached hydrogens (tertiary/aromatic N) is 3. The second-order valence-electron chi connectivity index (χ2n) is 9.59. The molecular weight excluding hydrogens is 434 g/mol. The van der Waals surface area contributed by atoms with Crippen LogP contribution in [0, 0.1) is 25.7 Å². The lowest BCUT2D eigenvalue weighted by molar-refractivity contribution is -0.143. The van der Waals surface area contributed by atoms with Crippen LogP contribution in [0.3, 0.4) is 0 Å². The molecule has 0 atom stereocenters. The molecule has 2 aromatic heterocycles. The highest BCUT2D eigenvalue weighted by Gasteiger charge is 2.31. The lowest BCUT2D eigenvalue weighted by Crippen LogP contribution is -2.38. The SMILES string of the molecule is Cc1nc(Cn2c3c(c4ccccc42)CCN(C(=O)C[C@H]2CC[C@@H](C(=O)O)CC2)C3)c(C)s1. The van der Waals surface area contributed by atoms with E-state index in [1.165, 1.54) is 27.0 Å². The molecule has 0 spiro atoms. The van der Waals surface area contributed by atoms with Crippen LogP contribution in [0.25, 0.3) is 10.9 Å². The number of carboxylic acid groups (broad SMARTS) is 1. The molecular formula is C26H31N3O3S. The predicted molar refractivity (Wildman–Crippen MR) is 129 cm³/mol. The third kappa shape index (κ3) is 4.31. The molecule has 3 heterocycles. The number of thiazole rings is 1. The summed E-state index contributed by atoms with van der Waals surface area (Å²) in [6.07, 6.45) is 4.47. The summed E-state index contributed by atoms with van der Waals surface area (Å²) in [4.78, 5) is 32.5. The number of benzene rings is 1. The van der Waals surface area contributed by atoms with Crippen LogP contribution in [-0.4, -0.2) is 38.0 Å². The monoisotopic (exact) mass is 465 g/mol. The van der Waals surface area contributed by atoms with Gasteiger partial charge in [0.2, 0.25) is 5.91 Å². The summed E-state index contributed by atoms with van der Waals surface area (Å²) in [7, 11) is 0. The van der Waals surface area contributed by atoms with Gasteiger partial charge >= 0.3 is 5.97 Å². The zero-order chi connectivity index (χ0) is 23.1. The molecule has 0 radical (unpaired) electrons. The van der Waals surface area contributed by atoms with Gasteiger partial charge in [-0.05, 0) is 63.5 Å². The lowest BCUT2D eigenvalue weighted by atomic mass is 9.80. The van der Waals surface area contributed by atoms with E-state index in [1.807, 2.05) is 4.90 Å². The Morgan fingerprint density at radius 3 is 2.61 bits per heavy atom. The third-order valence-electron chi connectivity index (χ3n) is 7.49. The molecule has 0 bridgehead atoms. The smallest absolute Gasteiger partial charge is 0.306 e.